The van der Waals surface area contributed by atoms with E-state index in [1.54, 1.807) is 0 Å². The first-order valence-electron chi connectivity index (χ1n) is 16.6. The number of fused-ring (bicyclic) bond motifs is 3. The first-order valence-corrected chi connectivity index (χ1v) is 16.6. The molecule has 0 radical (unpaired) electrons. The van der Waals surface area contributed by atoms with Crippen LogP contribution < -0.4 is 9.80 Å². The molecule has 0 N–H and O–H groups in total. The fourth-order valence-electron chi connectivity index (χ4n) is 7.07. The van der Waals surface area contributed by atoms with Crippen molar-refractivity contribution in [1.29, 1.82) is 0 Å². The van der Waals surface area contributed by atoms with Gasteiger partial charge in [0.25, 0.3) is 0 Å². The number of hydrogen-bond acceptors (Lipinski definition) is 2. The minimum absolute atomic E-state index is 0.897. The Hall–Kier alpha value is -6.12. The third-order valence-corrected chi connectivity index (χ3v) is 9.23. The van der Waals surface area contributed by atoms with Gasteiger partial charge in [-0.25, -0.2) is 0 Å². The second-order valence-electron chi connectivity index (χ2n) is 12.3. The van der Waals surface area contributed by atoms with E-state index >= 15 is 0 Å². The Labute approximate surface area is 282 Å². The van der Waals surface area contributed by atoms with Crippen LogP contribution in [0.4, 0.5) is 28.4 Å². The van der Waals surface area contributed by atoms with Crippen LogP contribution in [-0.2, 0) is 12.8 Å². The summed E-state index contributed by atoms with van der Waals surface area (Å²) in [6, 6.07) is 58.7. The topological polar surface area (TPSA) is 6.48 Å². The van der Waals surface area contributed by atoms with E-state index in [0.717, 1.165) is 35.6 Å². The van der Waals surface area contributed by atoms with Crippen LogP contribution in [0.25, 0.3) is 21.5 Å². The monoisotopic (exact) mass is 616 g/mol. The Balaban J connectivity index is 1.19. The molecule has 0 aliphatic heterocycles. The molecule has 48 heavy (non-hydrogen) atoms. The van der Waals surface area contributed by atoms with Gasteiger partial charge in [0.15, 0.2) is 0 Å². The molecule has 8 rings (SSSR count). The predicted octanol–water partition coefficient (Wildman–Crippen LogP) is 12.4. The molecule has 0 atom stereocenters. The van der Waals surface area contributed by atoms with Crippen molar-refractivity contribution in [1.82, 2.24) is 0 Å². The normalized spacial score (nSPS) is 13.5. The number of benzene rings is 7. The van der Waals surface area contributed by atoms with E-state index in [2.05, 4.69) is 192 Å². The Kier molecular flexibility index (Phi) is 7.90. The van der Waals surface area contributed by atoms with Crippen LogP contribution in [-0.4, -0.2) is 0 Å². The lowest BCUT2D eigenvalue weighted by molar-refractivity contribution is 1.13. The Morgan fingerprint density at radius 1 is 0.500 bits per heavy atom. The molecule has 1 aliphatic carbocycles. The SMILES string of the molecule is C=CC=C(C=C1Cc2ccc(N(c3ccccc3)c3cccc4ccccc34)cc2C1)N(c1ccccc1)c1cccc2ccccc12. The largest absolute Gasteiger partial charge is 0.310 e. The van der Waals surface area contributed by atoms with Gasteiger partial charge in [-0.3, -0.25) is 0 Å². The Bertz CT molecular complexity index is 2300. The zero-order valence-corrected chi connectivity index (χ0v) is 26.8. The number of anilines is 5. The van der Waals surface area contributed by atoms with E-state index in [0.29, 0.717) is 0 Å². The smallest absolute Gasteiger partial charge is 0.0540 e. The lowest BCUT2D eigenvalue weighted by Crippen LogP contribution is -2.16. The van der Waals surface area contributed by atoms with Gasteiger partial charge in [-0.05, 0) is 95.4 Å². The van der Waals surface area contributed by atoms with E-state index in [-0.39, 0.29) is 0 Å². The van der Waals surface area contributed by atoms with Crippen molar-refractivity contribution in [3.8, 4) is 0 Å². The standard InChI is InChI=1S/C46H36N2/c1-2-15-41(47(39-20-5-3-6-21-39)45-26-13-18-35-16-9-11-24-43(35)45)32-34-30-37-28-29-42(33-38(37)31-34)48(40-22-7-4-8-23-40)46-27-14-19-36-17-10-12-25-44(36)46/h2-29,32-33H,1,30-31H2. The number of rotatable bonds is 8. The Morgan fingerprint density at radius 2 is 1.06 bits per heavy atom. The van der Waals surface area contributed by atoms with Gasteiger partial charge < -0.3 is 9.80 Å². The van der Waals surface area contributed by atoms with Crippen LogP contribution in [0.5, 0.6) is 0 Å². The summed E-state index contributed by atoms with van der Waals surface area (Å²) in [5, 5.41) is 4.90. The first kappa shape index (κ1) is 29.3. The summed E-state index contributed by atoms with van der Waals surface area (Å²) < 4.78 is 0. The minimum Gasteiger partial charge on any atom is -0.310 e. The van der Waals surface area contributed by atoms with Gasteiger partial charge in [0.1, 0.15) is 0 Å². The van der Waals surface area contributed by atoms with Crippen LogP contribution in [0.3, 0.4) is 0 Å². The zero-order chi connectivity index (χ0) is 32.3. The van der Waals surface area contributed by atoms with Gasteiger partial charge in [0, 0.05) is 33.5 Å². The highest BCUT2D eigenvalue weighted by Crippen LogP contribution is 2.42. The van der Waals surface area contributed by atoms with Crippen LogP contribution in [0, 0.1) is 0 Å². The van der Waals surface area contributed by atoms with Crippen molar-refractivity contribution < 1.29 is 0 Å². The number of nitrogens with zero attached hydrogens (tertiary/aromatic N) is 2. The maximum Gasteiger partial charge on any atom is 0.0540 e. The number of allylic oxidation sites excluding steroid dienone is 4. The van der Waals surface area contributed by atoms with Gasteiger partial charge in [0.2, 0.25) is 0 Å². The average molecular weight is 617 g/mol. The molecular formula is C46H36N2. The van der Waals surface area contributed by atoms with Crippen molar-refractivity contribution in [3.05, 3.63) is 211 Å². The predicted molar refractivity (Wildman–Crippen MR) is 205 cm³/mol. The van der Waals surface area contributed by atoms with Crippen molar-refractivity contribution >= 4 is 50.0 Å². The fraction of sp³-hybridized carbons (Fsp3) is 0.0435. The molecule has 0 unspecified atom stereocenters. The first-order chi connectivity index (χ1) is 23.8. The van der Waals surface area contributed by atoms with Crippen LogP contribution in [0.2, 0.25) is 0 Å². The summed E-state index contributed by atoms with van der Waals surface area (Å²) in [5.41, 5.74) is 11.0. The van der Waals surface area contributed by atoms with Gasteiger partial charge in [0.05, 0.1) is 11.4 Å². The van der Waals surface area contributed by atoms with Crippen molar-refractivity contribution in [2.45, 2.75) is 12.8 Å². The molecule has 0 saturated carbocycles. The summed E-state index contributed by atoms with van der Waals surface area (Å²) in [6.45, 7) is 4.12. The molecule has 0 saturated heterocycles. The molecule has 230 valence electrons. The molecule has 0 heterocycles. The maximum absolute atomic E-state index is 4.12. The number of hydrogen-bond donors (Lipinski definition) is 0. The summed E-state index contributed by atoms with van der Waals surface area (Å²) in [4.78, 5) is 4.76. The highest BCUT2D eigenvalue weighted by molar-refractivity contribution is 5.99. The van der Waals surface area contributed by atoms with Gasteiger partial charge in [-0.15, -0.1) is 0 Å². The average Bonchev–Trinajstić information content (AvgIpc) is 3.55. The molecular weight excluding hydrogens is 581 g/mol. The third kappa shape index (κ3) is 5.59. The lowest BCUT2D eigenvalue weighted by Gasteiger charge is -2.28. The summed E-state index contributed by atoms with van der Waals surface area (Å²) in [6.07, 6.45) is 8.22. The molecule has 0 fully saturated rings. The molecule has 0 aromatic heterocycles. The highest BCUT2D eigenvalue weighted by atomic mass is 15.2. The molecule has 7 aromatic rings. The van der Waals surface area contributed by atoms with Crippen LogP contribution >= 0.6 is 0 Å². The van der Waals surface area contributed by atoms with E-state index < -0.39 is 0 Å². The van der Waals surface area contributed by atoms with Gasteiger partial charge in [-0.1, -0.05) is 133 Å². The molecule has 0 bridgehead atoms. The Morgan fingerprint density at radius 3 is 1.75 bits per heavy atom. The molecule has 1 aliphatic rings. The van der Waals surface area contributed by atoms with E-state index in [4.69, 9.17) is 0 Å². The summed E-state index contributed by atoms with van der Waals surface area (Å²) in [7, 11) is 0. The van der Waals surface area contributed by atoms with E-state index in [1.807, 2.05) is 6.08 Å². The van der Waals surface area contributed by atoms with Crippen LogP contribution in [0.1, 0.15) is 11.1 Å². The summed E-state index contributed by atoms with van der Waals surface area (Å²) in [5.74, 6) is 0. The lowest BCUT2D eigenvalue weighted by atomic mass is 10.0. The highest BCUT2D eigenvalue weighted by Gasteiger charge is 2.22. The van der Waals surface area contributed by atoms with Crippen molar-refractivity contribution in [2.75, 3.05) is 9.80 Å². The van der Waals surface area contributed by atoms with E-state index in [9.17, 15) is 0 Å². The zero-order valence-electron chi connectivity index (χ0n) is 26.8. The minimum atomic E-state index is 0.897. The second-order valence-corrected chi connectivity index (χ2v) is 12.3. The van der Waals surface area contributed by atoms with E-state index in [1.165, 1.54) is 49.6 Å². The van der Waals surface area contributed by atoms with Crippen LogP contribution in [0.15, 0.2) is 200 Å². The van der Waals surface area contributed by atoms with Gasteiger partial charge in [-0.2, -0.15) is 0 Å². The molecule has 7 aromatic carbocycles. The van der Waals surface area contributed by atoms with Gasteiger partial charge >= 0.3 is 0 Å². The molecule has 0 spiro atoms. The third-order valence-electron chi connectivity index (χ3n) is 9.23. The maximum atomic E-state index is 4.12. The summed E-state index contributed by atoms with van der Waals surface area (Å²) >= 11 is 0. The van der Waals surface area contributed by atoms with Crippen molar-refractivity contribution in [3.63, 3.8) is 0 Å². The molecule has 0 amide bonds. The van der Waals surface area contributed by atoms with Crippen molar-refractivity contribution in [2.24, 2.45) is 0 Å². The quantitative estimate of drug-likeness (QED) is 0.157. The second kappa shape index (κ2) is 12.9. The molecule has 2 heteroatoms. The number of para-hydroxylation sites is 2. The molecule has 2 nitrogen and oxygen atoms in total. The fourth-order valence-corrected chi connectivity index (χ4v) is 7.07.